The van der Waals surface area contributed by atoms with E-state index in [0.717, 1.165) is 18.7 Å². The van der Waals surface area contributed by atoms with Gasteiger partial charge in [0.25, 0.3) is 0 Å². The third-order valence-corrected chi connectivity index (χ3v) is 5.31. The predicted octanol–water partition coefficient (Wildman–Crippen LogP) is 2.29. The Morgan fingerprint density at radius 3 is 2.60 bits per heavy atom. The summed E-state index contributed by atoms with van der Waals surface area (Å²) >= 11 is 5.88. The van der Waals surface area contributed by atoms with E-state index in [1.807, 2.05) is 18.4 Å². The van der Waals surface area contributed by atoms with Gasteiger partial charge in [0.1, 0.15) is 4.90 Å². The van der Waals surface area contributed by atoms with E-state index in [4.69, 9.17) is 16.3 Å². The van der Waals surface area contributed by atoms with Gasteiger partial charge in [0, 0.05) is 38.6 Å². The summed E-state index contributed by atoms with van der Waals surface area (Å²) in [7, 11) is -1.92. The third-order valence-electron chi connectivity index (χ3n) is 3.10. The number of rotatable bonds is 9. The lowest BCUT2D eigenvalue weighted by Gasteiger charge is -2.19. The second-order valence-electron chi connectivity index (χ2n) is 4.48. The molecule has 1 rings (SSSR count). The molecule has 0 aliphatic heterocycles. The van der Waals surface area contributed by atoms with Crippen LogP contribution >= 0.6 is 11.6 Å². The van der Waals surface area contributed by atoms with Gasteiger partial charge in [0.2, 0.25) is 10.0 Å². The van der Waals surface area contributed by atoms with Crippen molar-refractivity contribution >= 4 is 21.6 Å². The molecule has 0 aliphatic carbocycles. The number of ether oxygens (including phenoxy) is 1. The van der Waals surface area contributed by atoms with E-state index in [2.05, 4.69) is 0 Å². The summed E-state index contributed by atoms with van der Waals surface area (Å²) in [5.74, 6) is 0.305. The molecule has 0 unspecified atom stereocenters. The molecule has 1 aromatic heterocycles. The van der Waals surface area contributed by atoms with Crippen molar-refractivity contribution < 1.29 is 13.2 Å². The van der Waals surface area contributed by atoms with E-state index in [1.54, 1.807) is 19.4 Å². The number of hydrogen-bond acceptors (Lipinski definition) is 3. The van der Waals surface area contributed by atoms with Gasteiger partial charge in [0.15, 0.2) is 0 Å². The molecule has 0 aromatic carbocycles. The van der Waals surface area contributed by atoms with Crippen molar-refractivity contribution in [1.29, 1.82) is 0 Å². The normalized spacial score (nSPS) is 12.2. The molecule has 0 N–H and O–H groups in total. The number of aromatic nitrogens is 1. The monoisotopic (exact) mass is 322 g/mol. The van der Waals surface area contributed by atoms with E-state index in [9.17, 15) is 8.42 Å². The molecule has 0 spiro atoms. The summed E-state index contributed by atoms with van der Waals surface area (Å²) in [6, 6.07) is 1.66. The molecule has 0 amide bonds. The molecule has 0 saturated carbocycles. The Kier molecular flexibility index (Phi) is 7.02. The molecule has 116 valence electrons. The number of hydrogen-bond donors (Lipinski definition) is 0. The first-order chi connectivity index (χ1) is 9.51. The lowest BCUT2D eigenvalue weighted by Crippen LogP contribution is -2.33. The number of sulfonamides is 1. The summed E-state index contributed by atoms with van der Waals surface area (Å²) in [5, 5.41) is 0. The second kappa shape index (κ2) is 8.02. The van der Waals surface area contributed by atoms with Crippen LogP contribution in [-0.2, 0) is 27.2 Å². The minimum absolute atomic E-state index is 0.305. The Morgan fingerprint density at radius 1 is 1.40 bits per heavy atom. The zero-order chi connectivity index (χ0) is 15.2. The number of methoxy groups -OCH3 is 1. The first-order valence-electron chi connectivity index (χ1n) is 6.75. The van der Waals surface area contributed by atoms with Crippen LogP contribution in [0, 0.1) is 0 Å². The zero-order valence-electron chi connectivity index (χ0n) is 12.3. The minimum Gasteiger partial charge on any atom is -0.383 e. The highest BCUT2D eigenvalue weighted by atomic mass is 35.5. The van der Waals surface area contributed by atoms with Gasteiger partial charge in [-0.05, 0) is 12.5 Å². The van der Waals surface area contributed by atoms with E-state index >= 15 is 0 Å². The van der Waals surface area contributed by atoms with E-state index in [-0.39, 0.29) is 0 Å². The average Bonchev–Trinajstić information content (AvgIpc) is 2.83. The molecule has 20 heavy (non-hydrogen) atoms. The maximum absolute atomic E-state index is 12.6. The van der Waals surface area contributed by atoms with Gasteiger partial charge in [-0.1, -0.05) is 13.8 Å². The average molecular weight is 323 g/mol. The first kappa shape index (κ1) is 17.5. The summed E-state index contributed by atoms with van der Waals surface area (Å²) in [4.78, 5) is 0.305. The molecule has 0 radical (unpaired) electrons. The fourth-order valence-corrected chi connectivity index (χ4v) is 3.75. The van der Waals surface area contributed by atoms with Crippen molar-refractivity contribution in [2.24, 2.45) is 0 Å². The van der Waals surface area contributed by atoms with Crippen LogP contribution in [0.2, 0.25) is 0 Å². The van der Waals surface area contributed by atoms with Gasteiger partial charge < -0.3 is 9.30 Å². The summed E-state index contributed by atoms with van der Waals surface area (Å²) in [6.45, 7) is 5.78. The largest absolute Gasteiger partial charge is 0.383 e. The van der Waals surface area contributed by atoms with Gasteiger partial charge >= 0.3 is 0 Å². The van der Waals surface area contributed by atoms with Crippen LogP contribution in [0.5, 0.6) is 0 Å². The number of alkyl halides is 1. The molecule has 0 aliphatic rings. The number of aryl methyl sites for hydroxylation is 1. The fraction of sp³-hybridized carbons (Fsp3) is 0.692. The van der Waals surface area contributed by atoms with Crippen molar-refractivity contribution in [3.63, 3.8) is 0 Å². The Hall–Kier alpha value is -0.560. The highest BCUT2D eigenvalue weighted by molar-refractivity contribution is 7.89. The maximum Gasteiger partial charge on any atom is 0.244 e. The molecule has 7 heteroatoms. The lowest BCUT2D eigenvalue weighted by atomic mass is 10.4. The van der Waals surface area contributed by atoms with Crippen molar-refractivity contribution in [3.05, 3.63) is 18.0 Å². The molecule has 5 nitrogen and oxygen atoms in total. The Labute approximate surface area is 126 Å². The summed E-state index contributed by atoms with van der Waals surface area (Å²) < 4.78 is 33.4. The maximum atomic E-state index is 12.6. The molecule has 0 fully saturated rings. The highest BCUT2D eigenvalue weighted by Gasteiger charge is 2.25. The molecule has 1 heterocycles. The molecule has 0 saturated heterocycles. The fourth-order valence-electron chi connectivity index (χ4n) is 2.02. The molecular formula is C13H23ClN2O3S. The number of halogens is 1. The molecule has 1 aromatic rings. The Morgan fingerprint density at radius 2 is 2.10 bits per heavy atom. The molecular weight excluding hydrogens is 300 g/mol. The van der Waals surface area contributed by atoms with Crippen molar-refractivity contribution in [1.82, 2.24) is 8.87 Å². The summed E-state index contributed by atoms with van der Waals surface area (Å²) in [5.41, 5.74) is 0.829. The third kappa shape index (κ3) is 3.97. The predicted molar refractivity (Wildman–Crippen MR) is 80.6 cm³/mol. The van der Waals surface area contributed by atoms with E-state index in [1.165, 1.54) is 4.31 Å². The Balaban J connectivity index is 3.07. The van der Waals surface area contributed by atoms with Crippen LogP contribution in [0.1, 0.15) is 26.0 Å². The standard InChI is InChI=1S/C13H23ClN2O3S/c1-4-6-15-11-13(9-12(15)10-14)20(17,18)16(5-2)7-8-19-3/h9,11H,4-8,10H2,1-3H3. The second-order valence-corrected chi connectivity index (χ2v) is 6.69. The van der Waals surface area contributed by atoms with Crippen LogP contribution in [0.4, 0.5) is 0 Å². The van der Waals surface area contributed by atoms with Crippen LogP contribution in [0.3, 0.4) is 0 Å². The summed E-state index contributed by atoms with van der Waals surface area (Å²) in [6.07, 6.45) is 2.60. The van der Waals surface area contributed by atoms with Crippen molar-refractivity contribution in [3.8, 4) is 0 Å². The minimum atomic E-state index is -3.48. The van der Waals surface area contributed by atoms with E-state index in [0.29, 0.717) is 30.5 Å². The smallest absolute Gasteiger partial charge is 0.244 e. The van der Waals surface area contributed by atoms with E-state index < -0.39 is 10.0 Å². The van der Waals surface area contributed by atoms with Crippen molar-refractivity contribution in [2.45, 2.75) is 37.6 Å². The quantitative estimate of drug-likeness (QED) is 0.655. The number of nitrogens with zero attached hydrogens (tertiary/aromatic N) is 2. The number of likely N-dealkylation sites (N-methyl/N-ethyl adjacent to an activating group) is 1. The zero-order valence-corrected chi connectivity index (χ0v) is 13.9. The topological polar surface area (TPSA) is 51.5 Å². The molecule has 0 atom stereocenters. The van der Waals surface area contributed by atoms with Crippen LogP contribution in [0.15, 0.2) is 17.2 Å². The molecule has 0 bridgehead atoms. The van der Waals surface area contributed by atoms with Crippen LogP contribution in [0.25, 0.3) is 0 Å². The first-order valence-corrected chi connectivity index (χ1v) is 8.72. The Bertz CT molecular complexity index is 514. The van der Waals surface area contributed by atoms with Gasteiger partial charge in [-0.25, -0.2) is 8.42 Å². The SMILES string of the molecule is CCCn1cc(S(=O)(=O)N(CC)CCOC)cc1CCl. The van der Waals surface area contributed by atoms with Gasteiger partial charge in [-0.2, -0.15) is 4.31 Å². The van der Waals surface area contributed by atoms with Crippen LogP contribution in [-0.4, -0.2) is 44.1 Å². The van der Waals surface area contributed by atoms with Gasteiger partial charge in [0.05, 0.1) is 12.5 Å². The van der Waals surface area contributed by atoms with Gasteiger partial charge in [-0.15, -0.1) is 11.6 Å². The van der Waals surface area contributed by atoms with Crippen LogP contribution < -0.4 is 0 Å². The van der Waals surface area contributed by atoms with Crippen molar-refractivity contribution in [2.75, 3.05) is 26.8 Å². The highest BCUT2D eigenvalue weighted by Crippen LogP contribution is 2.20. The lowest BCUT2D eigenvalue weighted by molar-refractivity contribution is 0.180. The van der Waals surface area contributed by atoms with Gasteiger partial charge in [-0.3, -0.25) is 0 Å².